The molecule has 1 aliphatic carbocycles. The Morgan fingerprint density at radius 3 is 2.40 bits per heavy atom. The number of rotatable bonds is 5. The maximum Gasteiger partial charge on any atom is 0.0104 e. The van der Waals surface area contributed by atoms with E-state index in [-0.39, 0.29) is 0 Å². The summed E-state index contributed by atoms with van der Waals surface area (Å²) in [6.07, 6.45) is 9.28. The average Bonchev–Trinajstić information content (AvgIpc) is 2.18. The maximum atomic E-state index is 6.21. The Kier molecular flexibility index (Phi) is 5.38. The van der Waals surface area contributed by atoms with E-state index in [1.807, 2.05) is 0 Å². The summed E-state index contributed by atoms with van der Waals surface area (Å²) >= 11 is 0. The molecule has 2 N–H and O–H groups in total. The van der Waals surface area contributed by atoms with Crippen LogP contribution in [-0.2, 0) is 0 Å². The van der Waals surface area contributed by atoms with Crippen molar-refractivity contribution in [3.63, 3.8) is 0 Å². The van der Waals surface area contributed by atoms with Crippen molar-refractivity contribution in [1.82, 2.24) is 0 Å². The van der Waals surface area contributed by atoms with Gasteiger partial charge in [0.2, 0.25) is 0 Å². The SMILES string of the molecule is C=C(C)CC(N)C1CCC(CCC)CC1. The second kappa shape index (κ2) is 6.32. The normalized spacial score (nSPS) is 28.7. The zero-order valence-corrected chi connectivity index (χ0v) is 10.5. The fourth-order valence-corrected chi connectivity index (χ4v) is 2.88. The molecule has 0 aromatic carbocycles. The van der Waals surface area contributed by atoms with Crippen LogP contribution in [0.3, 0.4) is 0 Å². The fraction of sp³-hybridized carbons (Fsp3) is 0.857. The lowest BCUT2D eigenvalue weighted by Crippen LogP contribution is -2.33. The summed E-state index contributed by atoms with van der Waals surface area (Å²) in [6, 6.07) is 0.366. The lowest BCUT2D eigenvalue weighted by molar-refractivity contribution is 0.232. The van der Waals surface area contributed by atoms with Gasteiger partial charge >= 0.3 is 0 Å². The molecule has 0 radical (unpaired) electrons. The molecule has 88 valence electrons. The topological polar surface area (TPSA) is 26.0 Å². The predicted octanol–water partition coefficient (Wildman–Crippen LogP) is 3.89. The van der Waals surface area contributed by atoms with Crippen LogP contribution in [0.5, 0.6) is 0 Å². The molecule has 0 heterocycles. The van der Waals surface area contributed by atoms with Gasteiger partial charge in [-0.05, 0) is 38.0 Å². The quantitative estimate of drug-likeness (QED) is 0.683. The molecule has 1 fully saturated rings. The molecule has 1 saturated carbocycles. The van der Waals surface area contributed by atoms with Crippen LogP contribution in [0.4, 0.5) is 0 Å². The zero-order chi connectivity index (χ0) is 11.3. The van der Waals surface area contributed by atoms with Crippen molar-refractivity contribution in [2.24, 2.45) is 17.6 Å². The highest BCUT2D eigenvalue weighted by atomic mass is 14.6. The summed E-state index contributed by atoms with van der Waals surface area (Å²) in [5, 5.41) is 0. The molecule has 1 nitrogen and oxygen atoms in total. The Balaban J connectivity index is 2.27. The first-order valence-corrected chi connectivity index (χ1v) is 6.53. The molecule has 0 aromatic rings. The van der Waals surface area contributed by atoms with E-state index < -0.39 is 0 Å². The molecule has 0 bridgehead atoms. The second-order valence-corrected chi connectivity index (χ2v) is 5.39. The Labute approximate surface area is 95.1 Å². The molecular formula is C14H27N. The third-order valence-corrected chi connectivity index (χ3v) is 3.78. The third kappa shape index (κ3) is 4.38. The van der Waals surface area contributed by atoms with Crippen molar-refractivity contribution in [3.8, 4) is 0 Å². The van der Waals surface area contributed by atoms with Crippen LogP contribution in [0.15, 0.2) is 12.2 Å². The molecule has 0 aromatic heterocycles. The zero-order valence-electron chi connectivity index (χ0n) is 10.5. The Morgan fingerprint density at radius 2 is 1.93 bits per heavy atom. The van der Waals surface area contributed by atoms with E-state index in [4.69, 9.17) is 5.73 Å². The Bertz CT molecular complexity index is 190. The molecule has 0 aliphatic heterocycles. The van der Waals surface area contributed by atoms with Crippen molar-refractivity contribution in [1.29, 1.82) is 0 Å². The molecule has 1 unspecified atom stereocenters. The predicted molar refractivity (Wildman–Crippen MR) is 67.8 cm³/mol. The lowest BCUT2D eigenvalue weighted by Gasteiger charge is -2.32. The van der Waals surface area contributed by atoms with Crippen LogP contribution in [0.2, 0.25) is 0 Å². The highest BCUT2D eigenvalue weighted by Crippen LogP contribution is 2.33. The summed E-state index contributed by atoms with van der Waals surface area (Å²) < 4.78 is 0. The summed E-state index contributed by atoms with van der Waals surface area (Å²) in [4.78, 5) is 0. The van der Waals surface area contributed by atoms with E-state index in [2.05, 4.69) is 20.4 Å². The fourth-order valence-electron chi connectivity index (χ4n) is 2.88. The minimum Gasteiger partial charge on any atom is -0.327 e. The summed E-state index contributed by atoms with van der Waals surface area (Å²) in [6.45, 7) is 8.33. The van der Waals surface area contributed by atoms with Crippen LogP contribution in [0.1, 0.15) is 58.8 Å². The van der Waals surface area contributed by atoms with Gasteiger partial charge in [0, 0.05) is 6.04 Å². The second-order valence-electron chi connectivity index (χ2n) is 5.39. The van der Waals surface area contributed by atoms with Gasteiger partial charge < -0.3 is 5.73 Å². The van der Waals surface area contributed by atoms with Crippen molar-refractivity contribution in [3.05, 3.63) is 12.2 Å². The molecule has 0 spiro atoms. The third-order valence-electron chi connectivity index (χ3n) is 3.78. The van der Waals surface area contributed by atoms with Gasteiger partial charge in [0.1, 0.15) is 0 Å². The smallest absolute Gasteiger partial charge is 0.0104 e. The standard InChI is InChI=1S/C14H27N/c1-4-5-12-6-8-13(9-7-12)14(15)10-11(2)3/h12-14H,2,4-10,15H2,1,3H3. The first kappa shape index (κ1) is 12.8. The van der Waals surface area contributed by atoms with E-state index in [0.29, 0.717) is 6.04 Å². The molecular weight excluding hydrogens is 182 g/mol. The number of nitrogens with two attached hydrogens (primary N) is 1. The highest BCUT2D eigenvalue weighted by Gasteiger charge is 2.24. The van der Waals surface area contributed by atoms with Crippen molar-refractivity contribution in [2.75, 3.05) is 0 Å². The largest absolute Gasteiger partial charge is 0.327 e. The van der Waals surface area contributed by atoms with Crippen LogP contribution in [0.25, 0.3) is 0 Å². The van der Waals surface area contributed by atoms with Gasteiger partial charge in [-0.1, -0.05) is 38.2 Å². The average molecular weight is 209 g/mol. The molecule has 1 heteroatoms. The molecule has 0 amide bonds. The minimum atomic E-state index is 0.366. The van der Waals surface area contributed by atoms with Crippen molar-refractivity contribution >= 4 is 0 Å². The van der Waals surface area contributed by atoms with Crippen LogP contribution in [-0.4, -0.2) is 6.04 Å². The highest BCUT2D eigenvalue weighted by molar-refractivity contribution is 4.94. The van der Waals surface area contributed by atoms with Crippen molar-refractivity contribution in [2.45, 2.75) is 64.8 Å². The molecule has 0 saturated heterocycles. The van der Waals surface area contributed by atoms with Gasteiger partial charge in [0.05, 0.1) is 0 Å². The van der Waals surface area contributed by atoms with E-state index in [1.165, 1.54) is 44.1 Å². The van der Waals surface area contributed by atoms with Gasteiger partial charge in [0.15, 0.2) is 0 Å². The first-order chi connectivity index (χ1) is 7.13. The van der Waals surface area contributed by atoms with Gasteiger partial charge in [-0.3, -0.25) is 0 Å². The van der Waals surface area contributed by atoms with E-state index in [1.54, 1.807) is 0 Å². The Morgan fingerprint density at radius 1 is 1.33 bits per heavy atom. The van der Waals surface area contributed by atoms with Gasteiger partial charge in [-0.2, -0.15) is 0 Å². The van der Waals surface area contributed by atoms with Gasteiger partial charge in [-0.15, -0.1) is 6.58 Å². The first-order valence-electron chi connectivity index (χ1n) is 6.53. The van der Waals surface area contributed by atoms with Crippen LogP contribution in [0, 0.1) is 11.8 Å². The molecule has 1 aliphatic rings. The van der Waals surface area contributed by atoms with Crippen molar-refractivity contribution < 1.29 is 0 Å². The molecule has 15 heavy (non-hydrogen) atoms. The number of hydrogen-bond acceptors (Lipinski definition) is 1. The lowest BCUT2D eigenvalue weighted by atomic mass is 9.76. The van der Waals surface area contributed by atoms with Crippen LogP contribution < -0.4 is 5.73 Å². The summed E-state index contributed by atoms with van der Waals surface area (Å²) in [5.41, 5.74) is 7.44. The summed E-state index contributed by atoms with van der Waals surface area (Å²) in [7, 11) is 0. The van der Waals surface area contributed by atoms with Gasteiger partial charge in [-0.25, -0.2) is 0 Å². The van der Waals surface area contributed by atoms with E-state index >= 15 is 0 Å². The maximum absolute atomic E-state index is 6.21. The monoisotopic (exact) mass is 209 g/mol. The minimum absolute atomic E-state index is 0.366. The number of hydrogen-bond donors (Lipinski definition) is 1. The Hall–Kier alpha value is -0.300. The molecule has 1 rings (SSSR count). The van der Waals surface area contributed by atoms with Crippen LogP contribution >= 0.6 is 0 Å². The summed E-state index contributed by atoms with van der Waals surface area (Å²) in [5.74, 6) is 1.75. The molecule has 1 atom stereocenters. The van der Waals surface area contributed by atoms with E-state index in [9.17, 15) is 0 Å². The van der Waals surface area contributed by atoms with E-state index in [0.717, 1.165) is 18.3 Å². The van der Waals surface area contributed by atoms with Gasteiger partial charge in [0.25, 0.3) is 0 Å².